The second-order valence-electron chi connectivity index (χ2n) is 5.41. The van der Waals surface area contributed by atoms with Crippen molar-refractivity contribution in [3.05, 3.63) is 0 Å². The largest absolute Gasteiger partial charge is 0.329 e. The molecular formula is C12H25N3. The van der Waals surface area contributed by atoms with Gasteiger partial charge in [0.1, 0.15) is 0 Å². The van der Waals surface area contributed by atoms with Gasteiger partial charge in [0.15, 0.2) is 0 Å². The third-order valence-electron chi connectivity index (χ3n) is 4.51. The van der Waals surface area contributed by atoms with Crippen LogP contribution in [0, 0.1) is 0 Å². The van der Waals surface area contributed by atoms with Crippen molar-refractivity contribution in [2.24, 2.45) is 5.73 Å². The SMILES string of the molecule is CC1CC(CN)(N2CCCC2)CCN1C. The minimum atomic E-state index is 0.322. The van der Waals surface area contributed by atoms with Gasteiger partial charge in [0.2, 0.25) is 0 Å². The van der Waals surface area contributed by atoms with Crippen molar-refractivity contribution in [3.63, 3.8) is 0 Å². The lowest BCUT2D eigenvalue weighted by Crippen LogP contribution is -2.60. The summed E-state index contributed by atoms with van der Waals surface area (Å²) >= 11 is 0. The zero-order chi connectivity index (χ0) is 10.9. The van der Waals surface area contributed by atoms with Gasteiger partial charge in [0, 0.05) is 18.1 Å². The predicted octanol–water partition coefficient (Wildman–Crippen LogP) is 0.894. The number of hydrogen-bond acceptors (Lipinski definition) is 3. The fourth-order valence-electron chi connectivity index (χ4n) is 3.21. The molecule has 3 heteroatoms. The normalized spacial score (nSPS) is 39.8. The monoisotopic (exact) mass is 211 g/mol. The Balaban J connectivity index is 2.07. The van der Waals surface area contributed by atoms with Crippen LogP contribution in [0.2, 0.25) is 0 Å². The molecule has 0 spiro atoms. The van der Waals surface area contributed by atoms with E-state index in [-0.39, 0.29) is 0 Å². The van der Waals surface area contributed by atoms with Gasteiger partial charge >= 0.3 is 0 Å². The quantitative estimate of drug-likeness (QED) is 0.736. The predicted molar refractivity (Wildman–Crippen MR) is 63.9 cm³/mol. The number of nitrogens with zero attached hydrogens (tertiary/aromatic N) is 2. The first-order valence-electron chi connectivity index (χ1n) is 6.33. The molecule has 88 valence electrons. The van der Waals surface area contributed by atoms with Gasteiger partial charge in [-0.2, -0.15) is 0 Å². The van der Waals surface area contributed by atoms with E-state index in [0.717, 1.165) is 6.54 Å². The van der Waals surface area contributed by atoms with Gasteiger partial charge in [-0.25, -0.2) is 0 Å². The highest BCUT2D eigenvalue weighted by Gasteiger charge is 2.41. The average molecular weight is 211 g/mol. The number of piperidine rings is 1. The van der Waals surface area contributed by atoms with Crippen LogP contribution in [0.4, 0.5) is 0 Å². The van der Waals surface area contributed by atoms with Crippen LogP contribution >= 0.6 is 0 Å². The molecule has 0 aromatic carbocycles. The Hall–Kier alpha value is -0.120. The van der Waals surface area contributed by atoms with Crippen molar-refractivity contribution in [3.8, 4) is 0 Å². The zero-order valence-corrected chi connectivity index (χ0v) is 10.2. The third-order valence-corrected chi connectivity index (χ3v) is 4.51. The maximum Gasteiger partial charge on any atom is 0.0358 e. The molecule has 2 aliphatic rings. The van der Waals surface area contributed by atoms with E-state index in [1.54, 1.807) is 0 Å². The molecule has 0 radical (unpaired) electrons. The fraction of sp³-hybridized carbons (Fsp3) is 1.00. The highest BCUT2D eigenvalue weighted by Crippen LogP contribution is 2.33. The summed E-state index contributed by atoms with van der Waals surface area (Å²) in [7, 11) is 2.23. The molecule has 0 aliphatic carbocycles. The Bertz CT molecular complexity index is 213. The fourth-order valence-corrected chi connectivity index (χ4v) is 3.21. The maximum atomic E-state index is 6.07. The lowest BCUT2D eigenvalue weighted by molar-refractivity contribution is 0.0254. The number of rotatable bonds is 2. The molecule has 15 heavy (non-hydrogen) atoms. The molecule has 0 aromatic heterocycles. The molecule has 0 saturated carbocycles. The minimum Gasteiger partial charge on any atom is -0.329 e. The molecule has 3 nitrogen and oxygen atoms in total. The smallest absolute Gasteiger partial charge is 0.0358 e. The van der Waals surface area contributed by atoms with Gasteiger partial charge < -0.3 is 10.6 Å². The van der Waals surface area contributed by atoms with E-state index in [9.17, 15) is 0 Å². The molecule has 2 saturated heterocycles. The van der Waals surface area contributed by atoms with E-state index in [2.05, 4.69) is 23.8 Å². The molecule has 2 rings (SSSR count). The van der Waals surface area contributed by atoms with Crippen molar-refractivity contribution < 1.29 is 0 Å². The first-order valence-corrected chi connectivity index (χ1v) is 6.33. The molecule has 2 heterocycles. The molecule has 2 unspecified atom stereocenters. The number of nitrogens with two attached hydrogens (primary N) is 1. The summed E-state index contributed by atoms with van der Waals surface area (Å²) in [5, 5.41) is 0. The summed E-state index contributed by atoms with van der Waals surface area (Å²) in [5.74, 6) is 0. The third kappa shape index (κ3) is 2.05. The van der Waals surface area contributed by atoms with Crippen molar-refractivity contribution in [2.75, 3.05) is 33.2 Å². The topological polar surface area (TPSA) is 32.5 Å². The van der Waals surface area contributed by atoms with Crippen LogP contribution in [-0.2, 0) is 0 Å². The molecule has 0 bridgehead atoms. The molecule has 2 fully saturated rings. The summed E-state index contributed by atoms with van der Waals surface area (Å²) in [6.07, 6.45) is 5.24. The van der Waals surface area contributed by atoms with Gasteiger partial charge in [0.25, 0.3) is 0 Å². The maximum absolute atomic E-state index is 6.07. The van der Waals surface area contributed by atoms with E-state index in [0.29, 0.717) is 11.6 Å². The second kappa shape index (κ2) is 4.40. The van der Waals surface area contributed by atoms with Gasteiger partial charge in [-0.05, 0) is 59.3 Å². The standard InChI is InChI=1S/C12H25N3/c1-11-9-12(10-13,5-8-14(11)2)15-6-3-4-7-15/h11H,3-10,13H2,1-2H3. The molecule has 2 atom stereocenters. The highest BCUT2D eigenvalue weighted by atomic mass is 15.3. The summed E-state index contributed by atoms with van der Waals surface area (Å²) in [5.41, 5.74) is 6.39. The van der Waals surface area contributed by atoms with E-state index in [4.69, 9.17) is 5.73 Å². The highest BCUT2D eigenvalue weighted by molar-refractivity contribution is 4.99. The summed E-state index contributed by atoms with van der Waals surface area (Å²) < 4.78 is 0. The minimum absolute atomic E-state index is 0.322. The van der Waals surface area contributed by atoms with E-state index in [1.165, 1.54) is 45.3 Å². The number of hydrogen-bond donors (Lipinski definition) is 1. The van der Waals surface area contributed by atoms with Crippen LogP contribution in [0.25, 0.3) is 0 Å². The Morgan fingerprint density at radius 3 is 2.47 bits per heavy atom. The second-order valence-corrected chi connectivity index (χ2v) is 5.41. The number of likely N-dealkylation sites (tertiary alicyclic amines) is 2. The van der Waals surface area contributed by atoms with Crippen molar-refractivity contribution in [1.29, 1.82) is 0 Å². The molecular weight excluding hydrogens is 186 g/mol. The average Bonchev–Trinajstić information content (AvgIpc) is 2.76. The summed E-state index contributed by atoms with van der Waals surface area (Å²) in [6, 6.07) is 0.683. The van der Waals surface area contributed by atoms with Gasteiger partial charge in [0.05, 0.1) is 0 Å². The van der Waals surface area contributed by atoms with Crippen LogP contribution in [0.1, 0.15) is 32.6 Å². The van der Waals surface area contributed by atoms with Crippen molar-refractivity contribution in [2.45, 2.75) is 44.2 Å². The van der Waals surface area contributed by atoms with E-state index >= 15 is 0 Å². The molecule has 0 aromatic rings. The Labute approximate surface area is 93.6 Å². The molecule has 2 N–H and O–H groups in total. The lowest BCUT2D eigenvalue weighted by Gasteiger charge is -2.49. The van der Waals surface area contributed by atoms with E-state index < -0.39 is 0 Å². The summed E-state index contributed by atoms with van der Waals surface area (Å²) in [6.45, 7) is 6.92. The van der Waals surface area contributed by atoms with Crippen molar-refractivity contribution in [1.82, 2.24) is 9.80 Å². The first-order chi connectivity index (χ1) is 7.18. The van der Waals surface area contributed by atoms with Gasteiger partial charge in [-0.3, -0.25) is 4.90 Å². The summed E-state index contributed by atoms with van der Waals surface area (Å²) in [4.78, 5) is 5.13. The van der Waals surface area contributed by atoms with Crippen LogP contribution in [-0.4, -0.2) is 54.6 Å². The zero-order valence-electron chi connectivity index (χ0n) is 10.2. The van der Waals surface area contributed by atoms with Gasteiger partial charge in [-0.15, -0.1) is 0 Å². The molecule has 0 amide bonds. The molecule has 2 aliphatic heterocycles. The van der Waals surface area contributed by atoms with Crippen LogP contribution in [0.5, 0.6) is 0 Å². The van der Waals surface area contributed by atoms with Crippen LogP contribution < -0.4 is 5.73 Å². The Morgan fingerprint density at radius 1 is 1.27 bits per heavy atom. The van der Waals surface area contributed by atoms with Crippen LogP contribution in [0.15, 0.2) is 0 Å². The van der Waals surface area contributed by atoms with Crippen molar-refractivity contribution >= 4 is 0 Å². The Morgan fingerprint density at radius 2 is 1.93 bits per heavy atom. The van der Waals surface area contributed by atoms with Gasteiger partial charge in [-0.1, -0.05) is 0 Å². The first kappa shape index (κ1) is 11.4. The lowest BCUT2D eigenvalue weighted by atomic mass is 9.82. The van der Waals surface area contributed by atoms with E-state index in [1.807, 2.05) is 0 Å². The Kier molecular flexibility index (Phi) is 3.33. The van der Waals surface area contributed by atoms with Crippen LogP contribution in [0.3, 0.4) is 0 Å².